The Morgan fingerprint density at radius 3 is 2.51 bits per heavy atom. The van der Waals surface area contributed by atoms with Crippen LogP contribution in [0.5, 0.6) is 0 Å². The maximum atomic E-state index is 15.5. The van der Waals surface area contributed by atoms with E-state index in [1.54, 1.807) is 54.4 Å². The first kappa shape index (κ1) is 26.7. The average Bonchev–Trinajstić information content (AvgIpc) is 3.39. The third kappa shape index (κ3) is 5.92. The first-order valence-corrected chi connectivity index (χ1v) is 13.6. The van der Waals surface area contributed by atoms with Crippen LogP contribution in [0, 0.1) is 5.82 Å². The van der Waals surface area contributed by atoms with Crippen molar-refractivity contribution in [2.45, 2.75) is 0 Å². The molecule has 2 aromatic carbocycles. The molecule has 0 atom stereocenters. The summed E-state index contributed by atoms with van der Waals surface area (Å²) < 4.78 is 22.9. The van der Waals surface area contributed by atoms with Gasteiger partial charge in [0.15, 0.2) is 11.6 Å². The molecule has 12 heteroatoms. The highest BCUT2D eigenvalue weighted by molar-refractivity contribution is 9.11. The van der Waals surface area contributed by atoms with E-state index in [4.69, 9.17) is 4.74 Å². The number of hydrogen-bond donors (Lipinski definition) is 2. The zero-order chi connectivity index (χ0) is 27.5. The Hall–Kier alpha value is -3.87. The molecule has 2 amide bonds. The van der Waals surface area contributed by atoms with Crippen molar-refractivity contribution < 1.29 is 18.7 Å². The minimum atomic E-state index is -0.676. The smallest absolute Gasteiger partial charge is 0.293 e. The number of amides is 2. The molecule has 0 spiro atoms. The molecule has 2 N–H and O–H groups in total. The second kappa shape index (κ2) is 11.5. The van der Waals surface area contributed by atoms with Gasteiger partial charge in [0, 0.05) is 43.1 Å². The van der Waals surface area contributed by atoms with Crippen molar-refractivity contribution in [2.24, 2.45) is 7.05 Å². The molecule has 1 aliphatic rings. The fourth-order valence-electron chi connectivity index (χ4n) is 4.05. The zero-order valence-corrected chi connectivity index (χ0v) is 23.1. The van der Waals surface area contributed by atoms with E-state index in [0.717, 1.165) is 3.79 Å². The van der Waals surface area contributed by atoms with Crippen molar-refractivity contribution in [1.29, 1.82) is 0 Å². The van der Waals surface area contributed by atoms with Gasteiger partial charge in [0.2, 0.25) is 0 Å². The molecule has 3 heterocycles. The number of anilines is 3. The van der Waals surface area contributed by atoms with Gasteiger partial charge in [-0.15, -0.1) is 11.3 Å². The van der Waals surface area contributed by atoms with Gasteiger partial charge in [0.05, 0.1) is 33.3 Å². The van der Waals surface area contributed by atoms with Crippen LogP contribution < -0.4 is 16.2 Å². The number of benzene rings is 2. The lowest BCUT2D eigenvalue weighted by molar-refractivity contribution is 0.0303. The van der Waals surface area contributed by atoms with Gasteiger partial charge in [0.25, 0.3) is 17.4 Å². The summed E-state index contributed by atoms with van der Waals surface area (Å²) in [5.74, 6) is -1.22. The molecule has 0 unspecified atom stereocenters. The fraction of sp³-hybridized carbons (Fsp3) is 0.185. The van der Waals surface area contributed by atoms with Gasteiger partial charge in [-0.05, 0) is 64.5 Å². The zero-order valence-electron chi connectivity index (χ0n) is 20.7. The van der Waals surface area contributed by atoms with Gasteiger partial charge in [-0.25, -0.2) is 9.37 Å². The number of morpholine rings is 1. The maximum Gasteiger partial charge on any atom is 0.293 e. The van der Waals surface area contributed by atoms with E-state index < -0.39 is 17.3 Å². The summed E-state index contributed by atoms with van der Waals surface area (Å²) in [6.45, 7) is 2.11. The van der Waals surface area contributed by atoms with Crippen LogP contribution in [0.2, 0.25) is 0 Å². The number of carbonyl (C=O) groups excluding carboxylic acids is 2. The number of ether oxygens (including phenoxy) is 1. The molecule has 0 aliphatic carbocycles. The summed E-state index contributed by atoms with van der Waals surface area (Å²) >= 11 is 4.55. The molecule has 200 valence electrons. The number of halogens is 2. The Morgan fingerprint density at radius 2 is 1.82 bits per heavy atom. The fourth-order valence-corrected chi connectivity index (χ4v) is 5.33. The van der Waals surface area contributed by atoms with Crippen LogP contribution in [0.4, 0.5) is 21.6 Å². The number of aromatic nitrogens is 2. The second-order valence-electron chi connectivity index (χ2n) is 8.72. The molecule has 5 rings (SSSR count). The molecular formula is C27H23BrFN5O4S. The number of thiophene rings is 1. The van der Waals surface area contributed by atoms with Crippen molar-refractivity contribution in [2.75, 3.05) is 36.9 Å². The number of rotatable bonds is 6. The number of hydrogen-bond acceptors (Lipinski definition) is 7. The lowest BCUT2D eigenvalue weighted by atomic mass is 10.1. The van der Waals surface area contributed by atoms with Gasteiger partial charge in [-0.2, -0.15) is 0 Å². The van der Waals surface area contributed by atoms with E-state index in [9.17, 15) is 14.4 Å². The van der Waals surface area contributed by atoms with Crippen LogP contribution in [0.3, 0.4) is 0 Å². The average molecular weight is 612 g/mol. The predicted molar refractivity (Wildman–Crippen MR) is 151 cm³/mol. The highest BCUT2D eigenvalue weighted by Crippen LogP contribution is 2.29. The van der Waals surface area contributed by atoms with Crippen LogP contribution in [0.15, 0.2) is 69.4 Å². The van der Waals surface area contributed by atoms with Gasteiger partial charge < -0.3 is 24.8 Å². The number of nitrogens with one attached hydrogen (secondary N) is 2. The van der Waals surface area contributed by atoms with Crippen LogP contribution in [-0.4, -0.2) is 52.6 Å². The van der Waals surface area contributed by atoms with Crippen molar-refractivity contribution >= 4 is 56.3 Å². The highest BCUT2D eigenvalue weighted by atomic mass is 79.9. The maximum absolute atomic E-state index is 15.5. The number of nitrogens with zero attached hydrogens (tertiary/aromatic N) is 3. The lowest BCUT2D eigenvalue weighted by Gasteiger charge is -2.26. The molecule has 0 radical (unpaired) electrons. The van der Waals surface area contributed by atoms with Crippen LogP contribution >= 0.6 is 27.3 Å². The van der Waals surface area contributed by atoms with Crippen LogP contribution in [0.1, 0.15) is 20.0 Å². The third-order valence-corrected chi connectivity index (χ3v) is 7.71. The Kier molecular flexibility index (Phi) is 7.87. The highest BCUT2D eigenvalue weighted by Gasteiger charge is 2.19. The standard InChI is InChI=1S/C27H23BrFN5O4S/c1-33-15-20(18-3-2-4-19(23(18)29)32-25(35)21-9-10-22(28)39-21)31-24(27(33)37)30-17-7-5-16(6-8-17)26(36)34-11-13-38-14-12-34/h2-10,15H,11-14H2,1H3,(H,30,31)(H,32,35). The molecular weight excluding hydrogens is 589 g/mol. The van der Waals surface area contributed by atoms with Gasteiger partial charge in [0.1, 0.15) is 0 Å². The number of aryl methyl sites for hydroxylation is 1. The molecule has 1 fully saturated rings. The normalized spacial score (nSPS) is 13.3. The largest absolute Gasteiger partial charge is 0.378 e. The summed E-state index contributed by atoms with van der Waals surface area (Å²) in [7, 11) is 1.54. The lowest BCUT2D eigenvalue weighted by Crippen LogP contribution is -2.40. The Morgan fingerprint density at radius 1 is 1.08 bits per heavy atom. The van der Waals surface area contributed by atoms with Crippen molar-refractivity contribution in [1.82, 2.24) is 14.5 Å². The molecule has 0 bridgehead atoms. The van der Waals surface area contributed by atoms with Crippen molar-refractivity contribution in [3.63, 3.8) is 0 Å². The van der Waals surface area contributed by atoms with Gasteiger partial charge >= 0.3 is 0 Å². The van der Waals surface area contributed by atoms with Crippen LogP contribution in [-0.2, 0) is 11.8 Å². The van der Waals surface area contributed by atoms with Gasteiger partial charge in [-0.1, -0.05) is 6.07 Å². The molecule has 9 nitrogen and oxygen atoms in total. The SMILES string of the molecule is Cn1cc(-c2cccc(NC(=O)c3ccc(Br)s3)c2F)nc(Nc2ccc(C(=O)N3CCOCC3)cc2)c1=O. The van der Waals surface area contributed by atoms with Crippen LogP contribution in [0.25, 0.3) is 11.3 Å². The van der Waals surface area contributed by atoms with Gasteiger partial charge in [-0.3, -0.25) is 14.4 Å². The molecule has 2 aromatic heterocycles. The summed E-state index contributed by atoms with van der Waals surface area (Å²) in [5.41, 5.74) is 0.955. The molecule has 1 saturated heterocycles. The Balaban J connectivity index is 1.38. The number of carbonyl (C=O) groups is 2. The van der Waals surface area contributed by atoms with E-state index in [0.29, 0.717) is 42.4 Å². The first-order valence-electron chi connectivity index (χ1n) is 12.0. The quantitative estimate of drug-likeness (QED) is 0.322. The Labute approximate surface area is 235 Å². The summed E-state index contributed by atoms with van der Waals surface area (Å²) in [4.78, 5) is 44.6. The first-order chi connectivity index (χ1) is 18.8. The molecule has 0 saturated carbocycles. The molecule has 4 aromatic rings. The summed E-state index contributed by atoms with van der Waals surface area (Å²) in [5, 5.41) is 5.57. The third-order valence-electron chi connectivity index (χ3n) is 6.08. The second-order valence-corrected chi connectivity index (χ2v) is 11.2. The minimum Gasteiger partial charge on any atom is -0.378 e. The van der Waals surface area contributed by atoms with E-state index in [2.05, 4.69) is 31.5 Å². The van der Waals surface area contributed by atoms with Crippen molar-refractivity contribution in [3.05, 3.63) is 91.2 Å². The van der Waals surface area contributed by atoms with E-state index >= 15 is 4.39 Å². The van der Waals surface area contributed by atoms with E-state index in [-0.39, 0.29) is 28.7 Å². The summed E-state index contributed by atoms with van der Waals surface area (Å²) in [6, 6.07) is 14.7. The minimum absolute atomic E-state index is 0.00675. The summed E-state index contributed by atoms with van der Waals surface area (Å²) in [6.07, 6.45) is 1.43. The molecule has 39 heavy (non-hydrogen) atoms. The van der Waals surface area contributed by atoms with E-state index in [1.165, 1.54) is 34.2 Å². The topological polar surface area (TPSA) is 106 Å². The Bertz CT molecular complexity index is 1600. The monoisotopic (exact) mass is 611 g/mol. The van der Waals surface area contributed by atoms with E-state index in [1.807, 2.05) is 0 Å². The molecule has 1 aliphatic heterocycles. The predicted octanol–water partition coefficient (Wildman–Crippen LogP) is 4.88. The van der Waals surface area contributed by atoms with Crippen molar-refractivity contribution in [3.8, 4) is 11.3 Å².